The van der Waals surface area contributed by atoms with Crippen LogP contribution in [0.4, 0.5) is 18.9 Å². The molecule has 1 fully saturated rings. The van der Waals surface area contributed by atoms with Gasteiger partial charge in [-0.15, -0.1) is 0 Å². The van der Waals surface area contributed by atoms with Crippen LogP contribution in [0.1, 0.15) is 39.0 Å². The molecule has 0 radical (unpaired) electrons. The molecule has 118 valence electrons. The van der Waals surface area contributed by atoms with Gasteiger partial charge in [0.1, 0.15) is 5.75 Å². The summed E-state index contributed by atoms with van der Waals surface area (Å²) in [7, 11) is 0. The molecule has 1 saturated carbocycles. The number of alkyl halides is 3. The van der Waals surface area contributed by atoms with E-state index >= 15 is 0 Å². The van der Waals surface area contributed by atoms with Gasteiger partial charge in [-0.3, -0.25) is 0 Å². The Morgan fingerprint density at radius 3 is 2.48 bits per heavy atom. The smallest absolute Gasteiger partial charge is 0.422 e. The first-order valence-corrected chi connectivity index (χ1v) is 7.48. The minimum Gasteiger partial charge on any atom is -0.484 e. The maximum atomic E-state index is 12.1. The fourth-order valence-electron chi connectivity index (χ4n) is 2.68. The Labute approximate surface area is 123 Å². The van der Waals surface area contributed by atoms with Crippen molar-refractivity contribution < 1.29 is 17.9 Å². The van der Waals surface area contributed by atoms with Crippen LogP contribution < -0.4 is 10.1 Å². The predicted octanol–water partition coefficient (Wildman–Crippen LogP) is 5.01. The van der Waals surface area contributed by atoms with Gasteiger partial charge in [0.15, 0.2) is 6.61 Å². The van der Waals surface area contributed by atoms with Crippen LogP contribution in [0, 0.1) is 5.92 Å². The van der Waals surface area contributed by atoms with Crippen molar-refractivity contribution in [2.24, 2.45) is 5.92 Å². The second-order valence-electron chi connectivity index (χ2n) is 5.88. The molecule has 1 aromatic rings. The molecule has 2 unspecified atom stereocenters. The second kappa shape index (κ2) is 7.05. The Bertz CT molecular complexity index is 430. The second-order valence-corrected chi connectivity index (χ2v) is 5.88. The molecule has 0 aromatic heterocycles. The number of benzene rings is 1. The van der Waals surface area contributed by atoms with Gasteiger partial charge in [-0.1, -0.05) is 19.8 Å². The summed E-state index contributed by atoms with van der Waals surface area (Å²) in [6.45, 7) is 1.04. The van der Waals surface area contributed by atoms with Gasteiger partial charge in [-0.2, -0.15) is 13.2 Å². The van der Waals surface area contributed by atoms with E-state index in [4.69, 9.17) is 4.74 Å². The Kier molecular flexibility index (Phi) is 5.37. The molecule has 1 N–H and O–H groups in total. The molecule has 0 saturated heterocycles. The van der Waals surface area contributed by atoms with Crippen LogP contribution >= 0.6 is 0 Å². The number of nitrogens with one attached hydrogen (secondary N) is 1. The summed E-state index contributed by atoms with van der Waals surface area (Å²) in [5.41, 5.74) is 0.939. The van der Waals surface area contributed by atoms with Gasteiger partial charge in [0.2, 0.25) is 0 Å². The molecule has 0 heterocycles. The maximum Gasteiger partial charge on any atom is 0.422 e. The standard InChI is InChI=1S/C16H22F3NO/c1-12-3-2-4-13(6-5-12)20-14-7-9-15(10-8-14)21-11-16(17,18)19/h7-10,12-13,20H,2-6,11H2,1H3. The van der Waals surface area contributed by atoms with E-state index in [0.29, 0.717) is 6.04 Å². The zero-order valence-corrected chi connectivity index (χ0v) is 12.2. The van der Waals surface area contributed by atoms with E-state index in [1.807, 2.05) is 0 Å². The van der Waals surface area contributed by atoms with Crippen molar-refractivity contribution in [1.29, 1.82) is 0 Å². The molecule has 0 aliphatic heterocycles. The molecule has 2 nitrogen and oxygen atoms in total. The molecule has 2 rings (SSSR count). The lowest BCUT2D eigenvalue weighted by Crippen LogP contribution is -2.19. The molecule has 1 aromatic carbocycles. The topological polar surface area (TPSA) is 21.3 Å². The van der Waals surface area contributed by atoms with Crippen LogP contribution in [0.2, 0.25) is 0 Å². The fraction of sp³-hybridized carbons (Fsp3) is 0.625. The molecule has 1 aliphatic rings. The van der Waals surface area contributed by atoms with Crippen LogP contribution in [0.3, 0.4) is 0 Å². The highest BCUT2D eigenvalue weighted by molar-refractivity contribution is 5.47. The van der Waals surface area contributed by atoms with E-state index in [-0.39, 0.29) is 5.75 Å². The molecule has 2 atom stereocenters. The fourth-order valence-corrected chi connectivity index (χ4v) is 2.68. The number of ether oxygens (including phenoxy) is 1. The Balaban J connectivity index is 1.84. The largest absolute Gasteiger partial charge is 0.484 e. The number of hydrogen-bond acceptors (Lipinski definition) is 2. The number of anilines is 1. The molecule has 5 heteroatoms. The molecular formula is C16H22F3NO. The lowest BCUT2D eigenvalue weighted by atomic mass is 10.0. The van der Waals surface area contributed by atoms with Gasteiger partial charge in [-0.05, 0) is 49.4 Å². The van der Waals surface area contributed by atoms with E-state index in [2.05, 4.69) is 12.2 Å². The van der Waals surface area contributed by atoms with Gasteiger partial charge < -0.3 is 10.1 Å². The summed E-state index contributed by atoms with van der Waals surface area (Å²) in [6.07, 6.45) is 1.73. The molecule has 0 bridgehead atoms. The Morgan fingerprint density at radius 1 is 1.10 bits per heavy atom. The van der Waals surface area contributed by atoms with E-state index in [1.165, 1.54) is 19.3 Å². The minimum atomic E-state index is -4.30. The average molecular weight is 301 g/mol. The summed E-state index contributed by atoms with van der Waals surface area (Å²) in [4.78, 5) is 0. The number of rotatable bonds is 4. The zero-order chi connectivity index (χ0) is 15.3. The van der Waals surface area contributed by atoms with E-state index in [9.17, 15) is 13.2 Å². The lowest BCUT2D eigenvalue weighted by Gasteiger charge is -2.18. The highest BCUT2D eigenvalue weighted by Crippen LogP contribution is 2.26. The lowest BCUT2D eigenvalue weighted by molar-refractivity contribution is -0.153. The first kappa shape index (κ1) is 16.0. The summed E-state index contributed by atoms with van der Waals surface area (Å²) >= 11 is 0. The third kappa shape index (κ3) is 5.86. The van der Waals surface area contributed by atoms with Crippen molar-refractivity contribution in [2.75, 3.05) is 11.9 Å². The predicted molar refractivity (Wildman–Crippen MR) is 77.7 cm³/mol. The maximum absolute atomic E-state index is 12.1. The molecular weight excluding hydrogens is 279 g/mol. The number of hydrogen-bond donors (Lipinski definition) is 1. The van der Waals surface area contributed by atoms with Crippen LogP contribution in [0.15, 0.2) is 24.3 Å². The zero-order valence-electron chi connectivity index (χ0n) is 12.2. The minimum absolute atomic E-state index is 0.243. The normalized spacial score (nSPS) is 23.4. The number of halogens is 3. The quantitative estimate of drug-likeness (QED) is 0.789. The van der Waals surface area contributed by atoms with Crippen molar-refractivity contribution in [3.8, 4) is 5.75 Å². The molecule has 21 heavy (non-hydrogen) atoms. The van der Waals surface area contributed by atoms with Crippen LogP contribution in [-0.4, -0.2) is 18.8 Å². The van der Waals surface area contributed by atoms with Crippen molar-refractivity contribution in [3.05, 3.63) is 24.3 Å². The van der Waals surface area contributed by atoms with Crippen LogP contribution in [0.5, 0.6) is 5.75 Å². The summed E-state index contributed by atoms with van der Waals surface area (Å²) < 4.78 is 40.9. The summed E-state index contributed by atoms with van der Waals surface area (Å²) in [6, 6.07) is 7.16. The Morgan fingerprint density at radius 2 is 1.81 bits per heavy atom. The van der Waals surface area contributed by atoms with E-state index < -0.39 is 12.8 Å². The van der Waals surface area contributed by atoms with Gasteiger partial charge in [0.05, 0.1) is 0 Å². The summed E-state index contributed by atoms with van der Waals surface area (Å²) in [5, 5.41) is 3.46. The average Bonchev–Trinajstić information content (AvgIpc) is 2.62. The SMILES string of the molecule is CC1CCCC(Nc2ccc(OCC(F)(F)F)cc2)CC1. The van der Waals surface area contributed by atoms with E-state index in [1.54, 1.807) is 24.3 Å². The van der Waals surface area contributed by atoms with Crippen molar-refractivity contribution in [3.63, 3.8) is 0 Å². The highest BCUT2D eigenvalue weighted by atomic mass is 19.4. The first-order chi connectivity index (χ1) is 9.92. The molecule has 1 aliphatic carbocycles. The third-order valence-electron chi connectivity index (χ3n) is 3.89. The van der Waals surface area contributed by atoms with Gasteiger partial charge in [0, 0.05) is 11.7 Å². The molecule has 0 amide bonds. The third-order valence-corrected chi connectivity index (χ3v) is 3.89. The van der Waals surface area contributed by atoms with Gasteiger partial charge in [-0.25, -0.2) is 0 Å². The van der Waals surface area contributed by atoms with E-state index in [0.717, 1.165) is 24.4 Å². The van der Waals surface area contributed by atoms with Crippen molar-refractivity contribution in [2.45, 2.75) is 51.2 Å². The van der Waals surface area contributed by atoms with Crippen molar-refractivity contribution in [1.82, 2.24) is 0 Å². The first-order valence-electron chi connectivity index (χ1n) is 7.48. The summed E-state index contributed by atoms with van der Waals surface area (Å²) in [5.74, 6) is 1.03. The highest BCUT2D eigenvalue weighted by Gasteiger charge is 2.28. The van der Waals surface area contributed by atoms with Gasteiger partial charge >= 0.3 is 6.18 Å². The van der Waals surface area contributed by atoms with Crippen LogP contribution in [-0.2, 0) is 0 Å². The monoisotopic (exact) mass is 301 g/mol. The van der Waals surface area contributed by atoms with Crippen LogP contribution in [0.25, 0.3) is 0 Å². The molecule has 0 spiro atoms. The van der Waals surface area contributed by atoms with Gasteiger partial charge in [0.25, 0.3) is 0 Å². The van der Waals surface area contributed by atoms with Crippen molar-refractivity contribution >= 4 is 5.69 Å². The Hall–Kier alpha value is -1.39.